The fourth-order valence-corrected chi connectivity index (χ4v) is 1.39. The molecule has 1 aromatic carbocycles. The highest BCUT2D eigenvalue weighted by molar-refractivity contribution is 5.73. The zero-order valence-electron chi connectivity index (χ0n) is 9.77. The van der Waals surface area contributed by atoms with Crippen LogP contribution in [0.15, 0.2) is 24.3 Å². The molecule has 0 saturated heterocycles. The van der Waals surface area contributed by atoms with Gasteiger partial charge >= 0.3 is 0 Å². The number of rotatable bonds is 4. The number of hydrogen-bond donors (Lipinski definition) is 1. The van der Waals surface area contributed by atoms with Crippen LogP contribution in [0.2, 0.25) is 0 Å². The molecule has 1 amide bonds. The standard InChI is InChI=1S/C12H14N2O3/c1-9-6-11(4-3-5-13-10(2)15)8-12(7-9)14(16)17/h3-4,6-8H,5H2,1-2H3,(H,13,15). The summed E-state index contributed by atoms with van der Waals surface area (Å²) in [5, 5.41) is 13.3. The Morgan fingerprint density at radius 2 is 2.18 bits per heavy atom. The van der Waals surface area contributed by atoms with E-state index in [0.717, 1.165) is 11.1 Å². The third-order valence-corrected chi connectivity index (χ3v) is 2.07. The van der Waals surface area contributed by atoms with Gasteiger partial charge in [-0.1, -0.05) is 18.2 Å². The van der Waals surface area contributed by atoms with Crippen LogP contribution in [0.4, 0.5) is 5.69 Å². The van der Waals surface area contributed by atoms with E-state index in [1.165, 1.54) is 19.1 Å². The molecule has 5 heteroatoms. The van der Waals surface area contributed by atoms with E-state index in [2.05, 4.69) is 5.32 Å². The van der Waals surface area contributed by atoms with E-state index in [1.54, 1.807) is 19.1 Å². The van der Waals surface area contributed by atoms with Gasteiger partial charge in [0.1, 0.15) is 0 Å². The van der Waals surface area contributed by atoms with Gasteiger partial charge in [-0.2, -0.15) is 0 Å². The van der Waals surface area contributed by atoms with Crippen LogP contribution in [0, 0.1) is 17.0 Å². The molecule has 0 fully saturated rings. The molecule has 1 rings (SSSR count). The predicted molar refractivity (Wildman–Crippen MR) is 65.6 cm³/mol. The number of amides is 1. The third-order valence-electron chi connectivity index (χ3n) is 2.07. The molecule has 0 bridgehead atoms. The van der Waals surface area contributed by atoms with Crippen molar-refractivity contribution in [2.75, 3.05) is 6.54 Å². The van der Waals surface area contributed by atoms with E-state index in [-0.39, 0.29) is 11.6 Å². The molecule has 0 heterocycles. The molecule has 0 atom stereocenters. The highest BCUT2D eigenvalue weighted by Gasteiger charge is 2.06. The van der Waals surface area contributed by atoms with Crippen molar-refractivity contribution in [3.63, 3.8) is 0 Å². The molecule has 0 radical (unpaired) electrons. The summed E-state index contributed by atoms with van der Waals surface area (Å²) >= 11 is 0. The molecule has 0 aliphatic rings. The Labute approximate surface area is 99.3 Å². The van der Waals surface area contributed by atoms with Gasteiger partial charge in [-0.05, 0) is 18.1 Å². The van der Waals surface area contributed by atoms with Crippen molar-refractivity contribution in [1.29, 1.82) is 0 Å². The first-order valence-electron chi connectivity index (χ1n) is 5.16. The van der Waals surface area contributed by atoms with Crippen molar-refractivity contribution in [2.24, 2.45) is 0 Å². The maximum atomic E-state index is 10.6. The molecule has 0 spiro atoms. The molecule has 90 valence electrons. The van der Waals surface area contributed by atoms with Gasteiger partial charge in [0.25, 0.3) is 5.69 Å². The van der Waals surface area contributed by atoms with Crippen molar-refractivity contribution in [3.8, 4) is 0 Å². The molecule has 0 aliphatic heterocycles. The smallest absolute Gasteiger partial charge is 0.270 e. The zero-order valence-corrected chi connectivity index (χ0v) is 9.77. The number of carbonyl (C=O) groups is 1. The van der Waals surface area contributed by atoms with Crippen LogP contribution >= 0.6 is 0 Å². The lowest BCUT2D eigenvalue weighted by molar-refractivity contribution is -0.384. The Morgan fingerprint density at radius 3 is 2.76 bits per heavy atom. The summed E-state index contributed by atoms with van der Waals surface area (Å²) in [6.07, 6.45) is 3.50. The number of nitro benzene ring substituents is 1. The number of nitro groups is 1. The van der Waals surface area contributed by atoms with Crippen LogP contribution < -0.4 is 5.32 Å². The van der Waals surface area contributed by atoms with E-state index in [1.807, 2.05) is 6.07 Å². The normalized spacial score (nSPS) is 10.5. The first-order valence-corrected chi connectivity index (χ1v) is 5.16. The lowest BCUT2D eigenvalue weighted by atomic mass is 10.1. The Bertz CT molecular complexity index is 467. The molecule has 0 saturated carbocycles. The van der Waals surface area contributed by atoms with Gasteiger partial charge in [0, 0.05) is 25.6 Å². The highest BCUT2D eigenvalue weighted by atomic mass is 16.6. The Morgan fingerprint density at radius 1 is 1.47 bits per heavy atom. The SMILES string of the molecule is CC(=O)NCC=Cc1cc(C)cc([N+](=O)[O-])c1. The Kier molecular flexibility index (Phi) is 4.39. The maximum absolute atomic E-state index is 10.6. The van der Waals surface area contributed by atoms with Gasteiger partial charge < -0.3 is 5.32 Å². The van der Waals surface area contributed by atoms with Crippen LogP contribution in [0.3, 0.4) is 0 Å². The van der Waals surface area contributed by atoms with Gasteiger partial charge in [0.05, 0.1) is 4.92 Å². The van der Waals surface area contributed by atoms with E-state index in [0.29, 0.717) is 6.54 Å². The van der Waals surface area contributed by atoms with E-state index in [4.69, 9.17) is 0 Å². The molecule has 0 aromatic heterocycles. The minimum absolute atomic E-state index is 0.0733. The molecule has 1 aromatic rings. The van der Waals surface area contributed by atoms with Crippen LogP contribution in [0.5, 0.6) is 0 Å². The van der Waals surface area contributed by atoms with Crippen LogP contribution in [0.25, 0.3) is 6.08 Å². The number of aryl methyl sites for hydroxylation is 1. The van der Waals surface area contributed by atoms with Crippen LogP contribution in [0.1, 0.15) is 18.1 Å². The molecule has 17 heavy (non-hydrogen) atoms. The lowest BCUT2D eigenvalue weighted by Gasteiger charge is -1.99. The number of hydrogen-bond acceptors (Lipinski definition) is 3. The quantitative estimate of drug-likeness (QED) is 0.640. The van der Waals surface area contributed by atoms with Crippen LogP contribution in [-0.2, 0) is 4.79 Å². The molecule has 0 aliphatic carbocycles. The third kappa shape index (κ3) is 4.46. The van der Waals surface area contributed by atoms with Crippen molar-refractivity contribution in [2.45, 2.75) is 13.8 Å². The van der Waals surface area contributed by atoms with Gasteiger partial charge in [-0.15, -0.1) is 0 Å². The summed E-state index contributed by atoms with van der Waals surface area (Å²) in [5.41, 5.74) is 1.66. The fourth-order valence-electron chi connectivity index (χ4n) is 1.39. The van der Waals surface area contributed by atoms with Crippen LogP contribution in [-0.4, -0.2) is 17.4 Å². The first kappa shape index (κ1) is 12.9. The monoisotopic (exact) mass is 234 g/mol. The largest absolute Gasteiger partial charge is 0.353 e. The predicted octanol–water partition coefficient (Wildman–Crippen LogP) is 2.05. The zero-order chi connectivity index (χ0) is 12.8. The molecular formula is C12H14N2O3. The van der Waals surface area contributed by atoms with E-state index >= 15 is 0 Å². The topological polar surface area (TPSA) is 72.2 Å². The number of carbonyl (C=O) groups excluding carboxylic acids is 1. The second kappa shape index (κ2) is 5.79. The van der Waals surface area contributed by atoms with Gasteiger partial charge in [0.15, 0.2) is 0 Å². The van der Waals surface area contributed by atoms with Crippen molar-refractivity contribution < 1.29 is 9.72 Å². The lowest BCUT2D eigenvalue weighted by Crippen LogP contribution is -2.19. The maximum Gasteiger partial charge on any atom is 0.270 e. The number of non-ortho nitro benzene ring substituents is 1. The van der Waals surface area contributed by atoms with Gasteiger partial charge in [0.2, 0.25) is 5.91 Å². The summed E-state index contributed by atoms with van der Waals surface area (Å²) < 4.78 is 0. The minimum Gasteiger partial charge on any atom is -0.353 e. The Balaban J connectivity index is 2.77. The summed E-state index contributed by atoms with van der Waals surface area (Å²) in [7, 11) is 0. The summed E-state index contributed by atoms with van der Waals surface area (Å²) in [5.74, 6) is -0.107. The average Bonchev–Trinajstić information content (AvgIpc) is 2.23. The second-order valence-electron chi connectivity index (χ2n) is 3.70. The summed E-state index contributed by atoms with van der Waals surface area (Å²) in [6, 6.07) is 4.86. The van der Waals surface area contributed by atoms with Crippen molar-refractivity contribution in [3.05, 3.63) is 45.5 Å². The first-order chi connectivity index (χ1) is 7.99. The number of benzene rings is 1. The summed E-state index contributed by atoms with van der Waals surface area (Å²) in [6.45, 7) is 3.65. The van der Waals surface area contributed by atoms with Crippen molar-refractivity contribution in [1.82, 2.24) is 5.32 Å². The second-order valence-corrected chi connectivity index (χ2v) is 3.70. The molecule has 5 nitrogen and oxygen atoms in total. The molecular weight excluding hydrogens is 220 g/mol. The minimum atomic E-state index is -0.418. The number of nitrogens with zero attached hydrogens (tertiary/aromatic N) is 1. The van der Waals surface area contributed by atoms with Crippen molar-refractivity contribution >= 4 is 17.7 Å². The number of nitrogens with one attached hydrogen (secondary N) is 1. The molecule has 0 unspecified atom stereocenters. The van der Waals surface area contributed by atoms with Gasteiger partial charge in [-0.25, -0.2) is 0 Å². The Hall–Kier alpha value is -2.17. The average molecular weight is 234 g/mol. The van der Waals surface area contributed by atoms with E-state index < -0.39 is 4.92 Å². The highest BCUT2D eigenvalue weighted by Crippen LogP contribution is 2.17. The van der Waals surface area contributed by atoms with Gasteiger partial charge in [-0.3, -0.25) is 14.9 Å². The summed E-state index contributed by atoms with van der Waals surface area (Å²) in [4.78, 5) is 20.8. The van der Waals surface area contributed by atoms with E-state index in [9.17, 15) is 14.9 Å². The fraction of sp³-hybridized carbons (Fsp3) is 0.250. The molecule has 1 N–H and O–H groups in total.